The third-order valence-electron chi connectivity index (χ3n) is 5.02. The van der Waals surface area contributed by atoms with Gasteiger partial charge in [0.05, 0.1) is 28.9 Å². The summed E-state index contributed by atoms with van der Waals surface area (Å²) >= 11 is 6.07. The molecule has 2 heterocycles. The van der Waals surface area contributed by atoms with E-state index in [1.54, 1.807) is 41.9 Å². The number of halogens is 1. The zero-order chi connectivity index (χ0) is 20.5. The zero-order valence-electron chi connectivity index (χ0n) is 15.6. The number of pyridine rings is 2. The number of fused-ring (bicyclic) bond motifs is 1. The second-order valence-corrected chi connectivity index (χ2v) is 7.18. The molecule has 0 fully saturated rings. The summed E-state index contributed by atoms with van der Waals surface area (Å²) in [5.41, 5.74) is 10.9. The summed E-state index contributed by atoms with van der Waals surface area (Å²) in [5, 5.41) is 10.2. The summed E-state index contributed by atoms with van der Waals surface area (Å²) in [4.78, 5) is 16.8. The third-order valence-corrected chi connectivity index (χ3v) is 5.23. The van der Waals surface area contributed by atoms with Gasteiger partial charge in [-0.1, -0.05) is 35.9 Å². The van der Waals surface area contributed by atoms with Crippen LogP contribution in [0.4, 0.5) is 0 Å². The number of benzene rings is 2. The molecule has 6 heteroatoms. The van der Waals surface area contributed by atoms with E-state index in [0.717, 1.165) is 22.0 Å². The second kappa shape index (κ2) is 7.51. The van der Waals surface area contributed by atoms with E-state index in [1.807, 2.05) is 36.4 Å². The van der Waals surface area contributed by atoms with Gasteiger partial charge in [-0.3, -0.25) is 4.79 Å². The lowest BCUT2D eigenvalue weighted by atomic mass is 9.95. The molecule has 2 aromatic carbocycles. The van der Waals surface area contributed by atoms with Crippen molar-refractivity contribution < 1.29 is 0 Å². The monoisotopic (exact) mass is 400 g/mol. The molecule has 29 heavy (non-hydrogen) atoms. The number of hydrogen-bond acceptors (Lipinski definition) is 4. The molecule has 4 rings (SSSR count). The van der Waals surface area contributed by atoms with Gasteiger partial charge in [-0.2, -0.15) is 5.26 Å². The predicted octanol–water partition coefficient (Wildman–Crippen LogP) is 4.17. The van der Waals surface area contributed by atoms with Gasteiger partial charge in [0.2, 0.25) is 0 Å². The van der Waals surface area contributed by atoms with Gasteiger partial charge in [-0.25, -0.2) is 4.98 Å². The van der Waals surface area contributed by atoms with Gasteiger partial charge in [0.25, 0.3) is 5.56 Å². The second-order valence-electron chi connectivity index (χ2n) is 6.79. The Labute approximate surface area is 172 Å². The van der Waals surface area contributed by atoms with Crippen molar-refractivity contribution in [2.45, 2.75) is 6.04 Å². The fraction of sp³-hybridized carbons (Fsp3) is 0.0870. The lowest BCUT2D eigenvalue weighted by molar-refractivity contribution is 0.869. The molecule has 4 aromatic rings. The molecule has 5 nitrogen and oxygen atoms in total. The Morgan fingerprint density at radius 1 is 1.07 bits per heavy atom. The summed E-state index contributed by atoms with van der Waals surface area (Å²) in [6.07, 6.45) is 0. The van der Waals surface area contributed by atoms with E-state index in [1.165, 1.54) is 0 Å². The predicted molar refractivity (Wildman–Crippen MR) is 115 cm³/mol. The first kappa shape index (κ1) is 18.9. The highest BCUT2D eigenvalue weighted by Gasteiger charge is 2.14. The van der Waals surface area contributed by atoms with Crippen LogP contribution in [0, 0.1) is 11.3 Å². The van der Waals surface area contributed by atoms with Crippen LogP contribution in [0.2, 0.25) is 5.15 Å². The summed E-state index contributed by atoms with van der Waals surface area (Å²) in [6, 6.07) is 21.6. The summed E-state index contributed by atoms with van der Waals surface area (Å²) in [5.74, 6) is 0. The molecule has 0 aliphatic heterocycles. The molecule has 0 bridgehead atoms. The van der Waals surface area contributed by atoms with Gasteiger partial charge in [-0.15, -0.1) is 0 Å². The number of nitrogens with zero attached hydrogens (tertiary/aromatic N) is 3. The van der Waals surface area contributed by atoms with Gasteiger partial charge < -0.3 is 10.3 Å². The quantitative estimate of drug-likeness (QED) is 0.523. The van der Waals surface area contributed by atoms with Crippen LogP contribution in [-0.4, -0.2) is 9.55 Å². The molecule has 2 aromatic heterocycles. The summed E-state index contributed by atoms with van der Waals surface area (Å²) in [7, 11) is 1.74. The normalized spacial score (nSPS) is 11.9. The highest BCUT2D eigenvalue weighted by Crippen LogP contribution is 2.30. The van der Waals surface area contributed by atoms with Gasteiger partial charge in [0.15, 0.2) is 0 Å². The molecule has 0 saturated carbocycles. The van der Waals surface area contributed by atoms with Crippen molar-refractivity contribution in [3.63, 3.8) is 0 Å². The maximum atomic E-state index is 12.5. The molecule has 1 atom stereocenters. The van der Waals surface area contributed by atoms with E-state index in [-0.39, 0.29) is 11.6 Å². The first-order valence-corrected chi connectivity index (χ1v) is 9.38. The number of rotatable bonds is 3. The van der Waals surface area contributed by atoms with Crippen LogP contribution in [0.15, 0.2) is 71.5 Å². The van der Waals surface area contributed by atoms with Crippen LogP contribution in [-0.2, 0) is 7.05 Å². The van der Waals surface area contributed by atoms with Gasteiger partial charge >= 0.3 is 0 Å². The Morgan fingerprint density at radius 3 is 2.48 bits per heavy atom. The van der Waals surface area contributed by atoms with E-state index in [2.05, 4.69) is 11.1 Å². The van der Waals surface area contributed by atoms with Gasteiger partial charge in [0.1, 0.15) is 5.15 Å². The van der Waals surface area contributed by atoms with Crippen LogP contribution in [0.5, 0.6) is 0 Å². The van der Waals surface area contributed by atoms with E-state index in [0.29, 0.717) is 22.0 Å². The third kappa shape index (κ3) is 3.52. The van der Waals surface area contributed by atoms with Gasteiger partial charge in [0, 0.05) is 24.1 Å². The number of aromatic nitrogens is 2. The Kier molecular flexibility index (Phi) is 4.89. The van der Waals surface area contributed by atoms with Gasteiger partial charge in [-0.05, 0) is 47.5 Å². The number of nitrogens with two attached hydrogens (primary N) is 1. The summed E-state index contributed by atoms with van der Waals surface area (Å²) < 4.78 is 1.60. The van der Waals surface area contributed by atoms with Crippen molar-refractivity contribution in [3.8, 4) is 17.3 Å². The Bertz CT molecular complexity index is 1320. The minimum atomic E-state index is -0.371. The maximum Gasteiger partial charge on any atom is 0.251 e. The summed E-state index contributed by atoms with van der Waals surface area (Å²) in [6.45, 7) is 0. The lowest BCUT2D eigenvalue weighted by Gasteiger charge is -2.16. The standard InChI is InChI=1S/C23H17ClN4O/c1-28-20-10-9-16(23(26)15-7-5-14(13-25)6-8-15)11-18(20)17(12-22(28)29)19-3-2-4-21(24)27-19/h2-12,23H,26H2,1H3. The van der Waals surface area contributed by atoms with Crippen molar-refractivity contribution in [3.05, 3.63) is 98.9 Å². The molecule has 0 aliphatic carbocycles. The molecule has 0 radical (unpaired) electrons. The molecular weight excluding hydrogens is 384 g/mol. The first-order valence-electron chi connectivity index (χ1n) is 9.00. The average molecular weight is 401 g/mol. The zero-order valence-corrected chi connectivity index (χ0v) is 16.4. The van der Waals surface area contributed by atoms with Crippen LogP contribution < -0.4 is 11.3 Å². The lowest BCUT2D eigenvalue weighted by Crippen LogP contribution is -2.17. The number of hydrogen-bond donors (Lipinski definition) is 1. The molecule has 0 aliphatic rings. The van der Waals surface area contributed by atoms with Crippen molar-refractivity contribution in [1.29, 1.82) is 5.26 Å². The highest BCUT2D eigenvalue weighted by atomic mass is 35.5. The van der Waals surface area contributed by atoms with E-state index in [4.69, 9.17) is 22.6 Å². The number of nitriles is 1. The van der Waals surface area contributed by atoms with Crippen LogP contribution in [0.1, 0.15) is 22.7 Å². The molecule has 1 unspecified atom stereocenters. The Morgan fingerprint density at radius 2 is 1.79 bits per heavy atom. The number of aryl methyl sites for hydroxylation is 1. The largest absolute Gasteiger partial charge is 0.320 e. The Hall–Kier alpha value is -3.46. The topological polar surface area (TPSA) is 84.7 Å². The molecule has 0 spiro atoms. The molecule has 2 N–H and O–H groups in total. The van der Waals surface area contributed by atoms with E-state index in [9.17, 15) is 4.79 Å². The fourth-order valence-corrected chi connectivity index (χ4v) is 3.56. The van der Waals surface area contributed by atoms with Crippen molar-refractivity contribution >= 4 is 22.5 Å². The van der Waals surface area contributed by atoms with Crippen LogP contribution in [0.25, 0.3) is 22.2 Å². The first-order chi connectivity index (χ1) is 14.0. The fourth-order valence-electron chi connectivity index (χ4n) is 3.40. The highest BCUT2D eigenvalue weighted by molar-refractivity contribution is 6.29. The van der Waals surface area contributed by atoms with Crippen molar-refractivity contribution in [1.82, 2.24) is 9.55 Å². The molecule has 0 amide bonds. The Balaban J connectivity index is 1.90. The minimum Gasteiger partial charge on any atom is -0.320 e. The smallest absolute Gasteiger partial charge is 0.251 e. The minimum absolute atomic E-state index is 0.126. The molecule has 142 valence electrons. The van der Waals surface area contributed by atoms with Crippen molar-refractivity contribution in [2.24, 2.45) is 12.8 Å². The van der Waals surface area contributed by atoms with Crippen LogP contribution in [0.3, 0.4) is 0 Å². The van der Waals surface area contributed by atoms with E-state index >= 15 is 0 Å². The van der Waals surface area contributed by atoms with Crippen molar-refractivity contribution in [2.75, 3.05) is 0 Å². The molecule has 0 saturated heterocycles. The SMILES string of the molecule is Cn1c(=O)cc(-c2cccc(Cl)n2)c2cc(C(N)c3ccc(C#N)cc3)ccc21. The maximum absolute atomic E-state index is 12.5. The molecular formula is C23H17ClN4O. The van der Waals surface area contributed by atoms with Crippen LogP contribution >= 0.6 is 11.6 Å². The average Bonchev–Trinajstić information content (AvgIpc) is 2.75. The van der Waals surface area contributed by atoms with E-state index < -0.39 is 0 Å².